The molecule has 0 radical (unpaired) electrons. The van der Waals surface area contributed by atoms with E-state index in [0.717, 1.165) is 19.4 Å². The van der Waals surface area contributed by atoms with Crippen LogP contribution in [0.1, 0.15) is 34.2 Å². The predicted molar refractivity (Wildman–Crippen MR) is 77.1 cm³/mol. The van der Waals surface area contributed by atoms with Crippen molar-refractivity contribution in [2.75, 3.05) is 26.5 Å². The van der Waals surface area contributed by atoms with E-state index >= 15 is 0 Å². The van der Waals surface area contributed by atoms with Gasteiger partial charge in [-0.15, -0.1) is 11.3 Å². The van der Waals surface area contributed by atoms with Crippen LogP contribution < -0.4 is 5.32 Å². The van der Waals surface area contributed by atoms with Crippen molar-refractivity contribution in [3.05, 3.63) is 21.4 Å². The van der Waals surface area contributed by atoms with E-state index in [9.17, 15) is 0 Å². The van der Waals surface area contributed by atoms with Gasteiger partial charge in [0.2, 0.25) is 0 Å². The molecule has 1 N–H and O–H groups in total. The van der Waals surface area contributed by atoms with Gasteiger partial charge in [0, 0.05) is 35.3 Å². The van der Waals surface area contributed by atoms with Crippen LogP contribution in [0.3, 0.4) is 0 Å². The molecule has 0 spiro atoms. The van der Waals surface area contributed by atoms with Gasteiger partial charge in [0.1, 0.15) is 0 Å². The fourth-order valence-corrected chi connectivity index (χ4v) is 4.72. The lowest BCUT2D eigenvalue weighted by atomic mass is 10.1. The summed E-state index contributed by atoms with van der Waals surface area (Å²) in [4.78, 5) is 3.13. The van der Waals surface area contributed by atoms with Crippen LogP contribution in [0.25, 0.3) is 0 Å². The van der Waals surface area contributed by atoms with Crippen LogP contribution in [0.5, 0.6) is 0 Å². The molecule has 4 heteroatoms. The molecule has 2 heterocycles. The first-order chi connectivity index (χ1) is 8.35. The second-order valence-corrected chi connectivity index (χ2v) is 6.65. The smallest absolute Gasteiger partial charge is 0.0462 e. The highest BCUT2D eigenvalue weighted by molar-refractivity contribution is 7.98. The molecule has 1 aliphatic rings. The molecule has 0 aromatic carbocycles. The summed E-state index contributed by atoms with van der Waals surface area (Å²) < 4.78 is 5.13. The zero-order chi connectivity index (χ0) is 12.1. The minimum atomic E-state index is 0.505. The van der Waals surface area contributed by atoms with Gasteiger partial charge in [0.05, 0.1) is 0 Å². The summed E-state index contributed by atoms with van der Waals surface area (Å²) in [5.74, 6) is 2.50. The van der Waals surface area contributed by atoms with Crippen molar-refractivity contribution < 1.29 is 4.74 Å². The minimum Gasteiger partial charge on any atom is -0.385 e. The molecule has 1 unspecified atom stereocenters. The molecule has 1 aromatic rings. The third-order valence-electron chi connectivity index (χ3n) is 3.18. The van der Waals surface area contributed by atoms with Crippen LogP contribution in [0.4, 0.5) is 0 Å². The third kappa shape index (κ3) is 3.47. The maximum Gasteiger partial charge on any atom is 0.0462 e. The van der Waals surface area contributed by atoms with Gasteiger partial charge in [-0.2, -0.15) is 11.8 Å². The van der Waals surface area contributed by atoms with Crippen molar-refractivity contribution in [3.8, 4) is 0 Å². The maximum atomic E-state index is 5.13. The van der Waals surface area contributed by atoms with Gasteiger partial charge in [0.15, 0.2) is 0 Å². The molecule has 2 nitrogen and oxygen atoms in total. The van der Waals surface area contributed by atoms with Crippen LogP contribution in [0.15, 0.2) is 6.07 Å². The summed E-state index contributed by atoms with van der Waals surface area (Å²) >= 11 is 4.07. The zero-order valence-electron chi connectivity index (χ0n) is 10.6. The first-order valence-corrected chi connectivity index (χ1v) is 8.17. The molecule has 96 valence electrons. The quantitative estimate of drug-likeness (QED) is 0.803. The molecular weight excluding hydrogens is 250 g/mol. The third-order valence-corrected chi connectivity index (χ3v) is 5.54. The maximum absolute atomic E-state index is 5.13. The highest BCUT2D eigenvalue weighted by Gasteiger charge is 2.18. The SMILES string of the molecule is CNC(CCCOC)c1cc2c(s1)CCSC2. The van der Waals surface area contributed by atoms with Crippen molar-refractivity contribution in [1.82, 2.24) is 5.32 Å². The number of methoxy groups -OCH3 is 1. The van der Waals surface area contributed by atoms with E-state index in [4.69, 9.17) is 4.74 Å². The first kappa shape index (κ1) is 13.4. The molecule has 17 heavy (non-hydrogen) atoms. The lowest BCUT2D eigenvalue weighted by molar-refractivity contribution is 0.189. The summed E-state index contributed by atoms with van der Waals surface area (Å²) in [6.07, 6.45) is 3.55. The van der Waals surface area contributed by atoms with E-state index in [0.29, 0.717) is 6.04 Å². The average molecular weight is 271 g/mol. The Morgan fingerprint density at radius 3 is 3.12 bits per heavy atom. The molecule has 0 fully saturated rings. The second kappa shape index (κ2) is 6.78. The number of rotatable bonds is 6. The lowest BCUT2D eigenvalue weighted by Gasteiger charge is -2.13. The van der Waals surface area contributed by atoms with Crippen molar-refractivity contribution in [3.63, 3.8) is 0 Å². The second-order valence-electron chi connectivity index (χ2n) is 4.38. The molecule has 0 saturated heterocycles. The highest BCUT2D eigenvalue weighted by Crippen LogP contribution is 2.35. The number of hydrogen-bond donors (Lipinski definition) is 1. The van der Waals surface area contributed by atoms with Gasteiger partial charge in [0.25, 0.3) is 0 Å². The Labute approximate surface area is 112 Å². The molecule has 1 atom stereocenters. The minimum absolute atomic E-state index is 0.505. The number of ether oxygens (including phenoxy) is 1. The van der Waals surface area contributed by atoms with Gasteiger partial charge in [-0.1, -0.05) is 0 Å². The van der Waals surface area contributed by atoms with E-state index in [2.05, 4.69) is 30.2 Å². The van der Waals surface area contributed by atoms with Gasteiger partial charge in [-0.25, -0.2) is 0 Å². The Morgan fingerprint density at radius 2 is 2.41 bits per heavy atom. The number of thiophene rings is 1. The van der Waals surface area contributed by atoms with Crippen molar-refractivity contribution >= 4 is 23.1 Å². The van der Waals surface area contributed by atoms with Crippen LogP contribution in [0, 0.1) is 0 Å². The average Bonchev–Trinajstić information content (AvgIpc) is 2.78. The monoisotopic (exact) mass is 271 g/mol. The summed E-state index contributed by atoms with van der Waals surface area (Å²) in [5, 5.41) is 3.43. The van der Waals surface area contributed by atoms with E-state index in [1.54, 1.807) is 17.6 Å². The molecular formula is C13H21NOS2. The van der Waals surface area contributed by atoms with Crippen LogP contribution >= 0.6 is 23.1 Å². The van der Waals surface area contributed by atoms with Crippen LogP contribution in [-0.4, -0.2) is 26.5 Å². The largest absolute Gasteiger partial charge is 0.385 e. The van der Waals surface area contributed by atoms with Crippen LogP contribution in [0.2, 0.25) is 0 Å². The van der Waals surface area contributed by atoms with Crippen molar-refractivity contribution in [2.24, 2.45) is 0 Å². The number of nitrogens with one attached hydrogen (secondary N) is 1. The number of fused-ring (bicyclic) bond motifs is 1. The first-order valence-electron chi connectivity index (χ1n) is 6.20. The van der Waals surface area contributed by atoms with Gasteiger partial charge < -0.3 is 10.1 Å². The molecule has 0 amide bonds. The molecule has 1 aromatic heterocycles. The van der Waals surface area contributed by atoms with E-state index in [1.165, 1.54) is 22.8 Å². The molecule has 1 aliphatic heterocycles. The van der Waals surface area contributed by atoms with Crippen molar-refractivity contribution in [1.29, 1.82) is 0 Å². The standard InChI is InChI=1S/C13H21NOS2/c1-14-11(4-3-6-15-2)13-8-10-9-16-7-5-12(10)17-13/h8,11,14H,3-7,9H2,1-2H3. The summed E-state index contributed by atoms with van der Waals surface area (Å²) in [6.45, 7) is 0.860. The fourth-order valence-electron chi connectivity index (χ4n) is 2.20. The van der Waals surface area contributed by atoms with E-state index < -0.39 is 0 Å². The number of hydrogen-bond acceptors (Lipinski definition) is 4. The fraction of sp³-hybridized carbons (Fsp3) is 0.692. The Hall–Kier alpha value is -0.0300. The van der Waals surface area contributed by atoms with E-state index in [1.807, 2.05) is 11.3 Å². The Morgan fingerprint density at radius 1 is 1.53 bits per heavy atom. The normalized spacial score (nSPS) is 16.8. The Bertz CT molecular complexity index is 328. The highest BCUT2D eigenvalue weighted by atomic mass is 32.2. The predicted octanol–water partition coefficient (Wildman–Crippen LogP) is 3.22. The molecule has 0 saturated carbocycles. The van der Waals surface area contributed by atoms with Gasteiger partial charge >= 0.3 is 0 Å². The molecule has 0 bridgehead atoms. The van der Waals surface area contributed by atoms with Crippen molar-refractivity contribution in [2.45, 2.75) is 31.1 Å². The Balaban J connectivity index is 2.00. The summed E-state index contributed by atoms with van der Waals surface area (Å²) in [6, 6.07) is 2.92. The summed E-state index contributed by atoms with van der Waals surface area (Å²) in [7, 11) is 3.83. The lowest BCUT2D eigenvalue weighted by Crippen LogP contribution is -2.15. The van der Waals surface area contributed by atoms with Gasteiger partial charge in [-0.05, 0) is 43.7 Å². The summed E-state index contributed by atoms with van der Waals surface area (Å²) in [5.41, 5.74) is 1.58. The van der Waals surface area contributed by atoms with E-state index in [-0.39, 0.29) is 0 Å². The zero-order valence-corrected chi connectivity index (χ0v) is 12.3. The molecule has 0 aliphatic carbocycles. The van der Waals surface area contributed by atoms with Gasteiger partial charge in [-0.3, -0.25) is 0 Å². The number of aryl methyl sites for hydroxylation is 1. The number of thioether (sulfide) groups is 1. The molecule has 2 rings (SSSR count). The Kier molecular flexibility index (Phi) is 5.35. The topological polar surface area (TPSA) is 21.3 Å². The van der Waals surface area contributed by atoms with Crippen LogP contribution in [-0.2, 0) is 16.9 Å².